The lowest BCUT2D eigenvalue weighted by molar-refractivity contribution is -0.158. The van der Waals surface area contributed by atoms with Crippen molar-refractivity contribution in [3.8, 4) is 0 Å². The quantitative estimate of drug-likeness (QED) is 0.618. The molecule has 6 nitrogen and oxygen atoms in total. The van der Waals surface area contributed by atoms with E-state index in [0.717, 1.165) is 29.7 Å². The fraction of sp³-hybridized carbons (Fsp3) is 0.519. The van der Waals surface area contributed by atoms with Crippen LogP contribution in [-0.2, 0) is 27.0 Å². The zero-order chi connectivity index (χ0) is 25.7. The first-order chi connectivity index (χ1) is 17.2. The zero-order valence-electron chi connectivity index (χ0n) is 20.3. The van der Waals surface area contributed by atoms with E-state index in [1.165, 1.54) is 12.1 Å². The van der Waals surface area contributed by atoms with Crippen LogP contribution in [0.25, 0.3) is 0 Å². The summed E-state index contributed by atoms with van der Waals surface area (Å²) in [5.74, 6) is -0.0846. The van der Waals surface area contributed by atoms with Crippen LogP contribution in [0, 0.1) is 0 Å². The summed E-state index contributed by atoms with van der Waals surface area (Å²) < 4.78 is 50.7. The normalized spacial score (nSPS) is 26.4. The smallest absolute Gasteiger partial charge is 0.389 e. The molecule has 0 aliphatic carbocycles. The SMILES string of the molecule is C[C@H](NC(=O)C[C@@H]1CC[C@H]2[C@@H](COC[C@@H](O)CN2Cc2ccc(C(F)(F)F)cc2)O1)c1ccccc1. The highest BCUT2D eigenvalue weighted by Gasteiger charge is 2.38. The molecule has 0 radical (unpaired) electrons. The summed E-state index contributed by atoms with van der Waals surface area (Å²) in [6.45, 7) is 3.09. The molecule has 4 rings (SSSR count). The maximum absolute atomic E-state index is 12.9. The number of alkyl halides is 3. The Morgan fingerprint density at radius 1 is 1.11 bits per heavy atom. The number of hydrogen-bond acceptors (Lipinski definition) is 5. The van der Waals surface area contributed by atoms with E-state index >= 15 is 0 Å². The molecule has 0 aromatic heterocycles. The molecular weight excluding hydrogens is 473 g/mol. The van der Waals surface area contributed by atoms with Gasteiger partial charge in [-0.15, -0.1) is 0 Å². The Hall–Kier alpha value is -2.46. The lowest BCUT2D eigenvalue weighted by Gasteiger charge is -2.44. The number of benzene rings is 2. The van der Waals surface area contributed by atoms with Crippen molar-refractivity contribution in [3.05, 3.63) is 71.3 Å². The molecule has 5 atom stereocenters. The molecule has 2 heterocycles. The van der Waals surface area contributed by atoms with Gasteiger partial charge in [0.2, 0.25) is 5.91 Å². The molecule has 1 amide bonds. The van der Waals surface area contributed by atoms with Gasteiger partial charge in [0, 0.05) is 19.1 Å². The van der Waals surface area contributed by atoms with Gasteiger partial charge in [0.05, 0.1) is 49.6 Å². The Balaban J connectivity index is 1.37. The van der Waals surface area contributed by atoms with Crippen molar-refractivity contribution < 1.29 is 32.5 Å². The van der Waals surface area contributed by atoms with Gasteiger partial charge in [0.15, 0.2) is 0 Å². The van der Waals surface area contributed by atoms with Crippen LogP contribution in [0.4, 0.5) is 13.2 Å². The first-order valence-corrected chi connectivity index (χ1v) is 12.3. The van der Waals surface area contributed by atoms with Crippen molar-refractivity contribution >= 4 is 5.91 Å². The molecule has 2 saturated heterocycles. The number of nitrogens with one attached hydrogen (secondary N) is 1. The van der Waals surface area contributed by atoms with Crippen LogP contribution in [0.15, 0.2) is 54.6 Å². The minimum absolute atomic E-state index is 0.0789. The third-order valence-electron chi connectivity index (χ3n) is 6.84. The third-order valence-corrected chi connectivity index (χ3v) is 6.84. The van der Waals surface area contributed by atoms with Crippen molar-refractivity contribution in [3.63, 3.8) is 0 Å². The maximum Gasteiger partial charge on any atom is 0.416 e. The summed E-state index contributed by atoms with van der Waals surface area (Å²) in [6, 6.07) is 14.7. The van der Waals surface area contributed by atoms with Crippen LogP contribution in [0.2, 0.25) is 0 Å². The molecule has 0 spiro atoms. The Morgan fingerprint density at radius 2 is 1.83 bits per heavy atom. The second-order valence-electron chi connectivity index (χ2n) is 9.66. The fourth-order valence-corrected chi connectivity index (χ4v) is 4.99. The highest BCUT2D eigenvalue weighted by atomic mass is 19.4. The summed E-state index contributed by atoms with van der Waals surface area (Å²) in [5.41, 5.74) is 1.07. The van der Waals surface area contributed by atoms with Crippen molar-refractivity contribution in [1.82, 2.24) is 10.2 Å². The number of carbonyl (C=O) groups is 1. The standard InChI is InChI=1S/C27H33F3N2O4/c1-18(20-5-3-2-4-6-20)31-26(34)13-23-11-12-24-25(36-23)17-35-16-22(33)15-32(24)14-19-7-9-21(10-8-19)27(28,29)30/h2-10,18,22-25,33H,11-17H2,1H3,(H,31,34)/t18-,22-,23-,24-,25+/m0/s1. The molecule has 2 aliphatic rings. The van der Waals surface area contributed by atoms with Gasteiger partial charge in [-0.25, -0.2) is 0 Å². The molecule has 196 valence electrons. The summed E-state index contributed by atoms with van der Waals surface area (Å²) in [5, 5.41) is 13.4. The number of β-amino-alcohol motifs (C(OH)–C–C–N with tert-alkyl or cyclic N) is 1. The number of hydrogen-bond donors (Lipinski definition) is 2. The van der Waals surface area contributed by atoms with E-state index < -0.39 is 17.8 Å². The first-order valence-electron chi connectivity index (χ1n) is 12.3. The van der Waals surface area contributed by atoms with E-state index in [0.29, 0.717) is 19.5 Å². The molecule has 2 fully saturated rings. The highest BCUT2D eigenvalue weighted by Crippen LogP contribution is 2.31. The van der Waals surface area contributed by atoms with E-state index in [2.05, 4.69) is 10.2 Å². The fourth-order valence-electron chi connectivity index (χ4n) is 4.99. The molecule has 9 heteroatoms. The predicted molar refractivity (Wildman–Crippen MR) is 128 cm³/mol. The molecule has 0 saturated carbocycles. The zero-order valence-corrected chi connectivity index (χ0v) is 20.3. The van der Waals surface area contributed by atoms with Gasteiger partial charge in [-0.3, -0.25) is 9.69 Å². The van der Waals surface area contributed by atoms with Crippen LogP contribution in [-0.4, -0.2) is 60.0 Å². The number of nitrogens with zero attached hydrogens (tertiary/aromatic N) is 1. The Morgan fingerprint density at radius 3 is 2.53 bits per heavy atom. The van der Waals surface area contributed by atoms with Crippen LogP contribution in [0.1, 0.15) is 48.9 Å². The summed E-state index contributed by atoms with van der Waals surface area (Å²) >= 11 is 0. The average Bonchev–Trinajstić information content (AvgIpc) is 2.83. The lowest BCUT2D eigenvalue weighted by atomic mass is 9.94. The topological polar surface area (TPSA) is 71.0 Å². The van der Waals surface area contributed by atoms with Gasteiger partial charge in [0.1, 0.15) is 0 Å². The second kappa shape index (κ2) is 11.7. The molecule has 0 unspecified atom stereocenters. The van der Waals surface area contributed by atoms with Crippen molar-refractivity contribution in [2.75, 3.05) is 19.8 Å². The molecule has 2 aliphatic heterocycles. The van der Waals surface area contributed by atoms with Gasteiger partial charge in [-0.2, -0.15) is 13.2 Å². The number of carbonyl (C=O) groups excluding carboxylic acids is 1. The number of aliphatic hydroxyl groups is 1. The molecule has 2 N–H and O–H groups in total. The lowest BCUT2D eigenvalue weighted by Crippen LogP contribution is -2.55. The van der Waals surface area contributed by atoms with Crippen molar-refractivity contribution in [2.24, 2.45) is 0 Å². The molecule has 0 bridgehead atoms. The number of amides is 1. The number of rotatable bonds is 6. The maximum atomic E-state index is 12.9. The van der Waals surface area contributed by atoms with E-state index in [-0.39, 0.29) is 49.8 Å². The Labute approximate surface area is 209 Å². The summed E-state index contributed by atoms with van der Waals surface area (Å²) in [4.78, 5) is 14.7. The van der Waals surface area contributed by atoms with Gasteiger partial charge in [-0.1, -0.05) is 42.5 Å². The number of ether oxygens (including phenoxy) is 2. The Kier molecular flexibility index (Phi) is 8.66. The number of fused-ring (bicyclic) bond motifs is 1. The number of aliphatic hydroxyl groups excluding tert-OH is 1. The highest BCUT2D eigenvalue weighted by molar-refractivity contribution is 5.77. The molecule has 2 aromatic rings. The predicted octanol–water partition coefficient (Wildman–Crippen LogP) is 4.08. The Bertz CT molecular complexity index is 987. The van der Waals surface area contributed by atoms with Crippen LogP contribution < -0.4 is 5.32 Å². The summed E-state index contributed by atoms with van der Waals surface area (Å²) in [6.07, 6.45) is -4.01. The van der Waals surface area contributed by atoms with E-state index in [4.69, 9.17) is 9.47 Å². The third kappa shape index (κ3) is 7.06. The monoisotopic (exact) mass is 506 g/mol. The first kappa shape index (κ1) is 26.6. The second-order valence-corrected chi connectivity index (χ2v) is 9.66. The summed E-state index contributed by atoms with van der Waals surface area (Å²) in [7, 11) is 0. The van der Waals surface area contributed by atoms with Gasteiger partial charge in [-0.05, 0) is 43.0 Å². The van der Waals surface area contributed by atoms with E-state index in [1.54, 1.807) is 0 Å². The molecular formula is C27H33F3N2O4. The minimum atomic E-state index is -4.38. The number of halogens is 3. The van der Waals surface area contributed by atoms with Crippen molar-refractivity contribution in [1.29, 1.82) is 0 Å². The van der Waals surface area contributed by atoms with Gasteiger partial charge < -0.3 is 19.9 Å². The minimum Gasteiger partial charge on any atom is -0.389 e. The van der Waals surface area contributed by atoms with Crippen molar-refractivity contribution in [2.45, 2.75) is 69.3 Å². The van der Waals surface area contributed by atoms with E-state index in [9.17, 15) is 23.1 Å². The molecule has 36 heavy (non-hydrogen) atoms. The molecule has 2 aromatic carbocycles. The average molecular weight is 507 g/mol. The van der Waals surface area contributed by atoms with Crippen LogP contribution >= 0.6 is 0 Å². The van der Waals surface area contributed by atoms with Gasteiger partial charge >= 0.3 is 6.18 Å². The van der Waals surface area contributed by atoms with Crippen LogP contribution in [0.5, 0.6) is 0 Å². The van der Waals surface area contributed by atoms with Gasteiger partial charge in [0.25, 0.3) is 0 Å². The van der Waals surface area contributed by atoms with Crippen LogP contribution in [0.3, 0.4) is 0 Å². The largest absolute Gasteiger partial charge is 0.416 e. The van der Waals surface area contributed by atoms with E-state index in [1.807, 2.05) is 37.3 Å².